The zero-order valence-corrected chi connectivity index (χ0v) is 11.2. The molecule has 100 valence electrons. The predicted octanol–water partition coefficient (Wildman–Crippen LogP) is 0.968. The van der Waals surface area contributed by atoms with Crippen LogP contribution in [0.15, 0.2) is 0 Å². The number of carbonyl (C=O) groups is 1. The van der Waals surface area contributed by atoms with Crippen LogP contribution in [-0.2, 0) is 4.74 Å². The summed E-state index contributed by atoms with van der Waals surface area (Å²) in [6, 6.07) is 0. The van der Waals surface area contributed by atoms with Gasteiger partial charge in [-0.05, 0) is 40.7 Å². The van der Waals surface area contributed by atoms with E-state index in [9.17, 15) is 9.90 Å². The Bertz CT molecular complexity index is 265. The van der Waals surface area contributed by atoms with Crippen LogP contribution >= 0.6 is 0 Å². The van der Waals surface area contributed by atoms with Crippen molar-refractivity contribution in [2.45, 2.75) is 44.8 Å². The van der Waals surface area contributed by atoms with Crippen LogP contribution < -0.4 is 5.32 Å². The minimum Gasteiger partial charge on any atom is -0.444 e. The highest BCUT2D eigenvalue weighted by Gasteiger charge is 2.31. The standard InChI is InChI=1S/C12H24N2O3/c1-11(2,3)17-10(15)13-9-12(16)5-7-14(4)8-6-12/h16H,5-9H2,1-4H3,(H,13,15). The van der Waals surface area contributed by atoms with Crippen molar-refractivity contribution < 1.29 is 14.6 Å². The van der Waals surface area contributed by atoms with Gasteiger partial charge in [0.1, 0.15) is 5.60 Å². The molecule has 0 saturated carbocycles. The number of piperidine rings is 1. The molecule has 1 amide bonds. The van der Waals surface area contributed by atoms with Crippen LogP contribution in [0.1, 0.15) is 33.6 Å². The number of rotatable bonds is 2. The highest BCUT2D eigenvalue weighted by molar-refractivity contribution is 5.67. The molecular formula is C12H24N2O3. The van der Waals surface area contributed by atoms with Gasteiger partial charge in [-0.25, -0.2) is 4.79 Å². The molecule has 0 aromatic heterocycles. The topological polar surface area (TPSA) is 61.8 Å². The second-order valence-corrected chi connectivity index (χ2v) is 5.88. The fourth-order valence-electron chi connectivity index (χ4n) is 1.76. The van der Waals surface area contributed by atoms with Crippen molar-refractivity contribution in [2.24, 2.45) is 0 Å². The summed E-state index contributed by atoms with van der Waals surface area (Å²) in [4.78, 5) is 13.6. The third-order valence-corrected chi connectivity index (χ3v) is 2.88. The zero-order valence-electron chi connectivity index (χ0n) is 11.2. The van der Waals surface area contributed by atoms with Crippen molar-refractivity contribution in [1.29, 1.82) is 0 Å². The molecule has 0 bridgehead atoms. The number of ether oxygens (including phenoxy) is 1. The summed E-state index contributed by atoms with van der Waals surface area (Å²) in [5.41, 5.74) is -1.29. The number of nitrogens with one attached hydrogen (secondary N) is 1. The predicted molar refractivity (Wildman–Crippen MR) is 65.9 cm³/mol. The van der Waals surface area contributed by atoms with E-state index in [1.165, 1.54) is 0 Å². The van der Waals surface area contributed by atoms with E-state index in [1.807, 2.05) is 27.8 Å². The Morgan fingerprint density at radius 3 is 2.41 bits per heavy atom. The maximum absolute atomic E-state index is 11.5. The van der Waals surface area contributed by atoms with Gasteiger partial charge in [0.15, 0.2) is 0 Å². The van der Waals surface area contributed by atoms with E-state index >= 15 is 0 Å². The molecule has 17 heavy (non-hydrogen) atoms. The van der Waals surface area contributed by atoms with Gasteiger partial charge in [-0.3, -0.25) is 0 Å². The lowest BCUT2D eigenvalue weighted by Crippen LogP contribution is -2.50. The average Bonchev–Trinajstić information content (AvgIpc) is 2.18. The van der Waals surface area contributed by atoms with Gasteiger partial charge in [-0.2, -0.15) is 0 Å². The maximum atomic E-state index is 11.5. The van der Waals surface area contributed by atoms with E-state index in [4.69, 9.17) is 4.74 Å². The van der Waals surface area contributed by atoms with Crippen LogP contribution in [0.3, 0.4) is 0 Å². The quantitative estimate of drug-likeness (QED) is 0.760. The molecule has 1 aliphatic rings. The summed E-state index contributed by atoms with van der Waals surface area (Å²) in [7, 11) is 2.03. The molecule has 1 heterocycles. The first-order valence-electron chi connectivity index (χ1n) is 6.08. The summed E-state index contributed by atoms with van der Waals surface area (Å²) in [6.45, 7) is 7.42. The van der Waals surface area contributed by atoms with Crippen LogP contribution in [-0.4, -0.2) is 54.0 Å². The van der Waals surface area contributed by atoms with Gasteiger partial charge in [0, 0.05) is 19.6 Å². The number of hydrogen-bond donors (Lipinski definition) is 2. The highest BCUT2D eigenvalue weighted by atomic mass is 16.6. The Morgan fingerprint density at radius 1 is 1.41 bits per heavy atom. The van der Waals surface area contributed by atoms with Gasteiger partial charge in [-0.15, -0.1) is 0 Å². The van der Waals surface area contributed by atoms with Crippen LogP contribution in [0.2, 0.25) is 0 Å². The summed E-state index contributed by atoms with van der Waals surface area (Å²) in [5, 5.41) is 12.9. The molecular weight excluding hydrogens is 220 g/mol. The number of amides is 1. The summed E-state index contributed by atoms with van der Waals surface area (Å²) in [6.07, 6.45) is 0.892. The Morgan fingerprint density at radius 2 is 1.94 bits per heavy atom. The zero-order chi connectivity index (χ0) is 13.1. The summed E-state index contributed by atoms with van der Waals surface area (Å²) in [5.74, 6) is 0. The molecule has 1 saturated heterocycles. The largest absolute Gasteiger partial charge is 0.444 e. The minimum atomic E-state index is -0.788. The molecule has 0 aromatic carbocycles. The van der Waals surface area contributed by atoms with Gasteiger partial charge in [0.05, 0.1) is 5.60 Å². The molecule has 1 rings (SSSR count). The van der Waals surface area contributed by atoms with Crippen molar-refractivity contribution in [1.82, 2.24) is 10.2 Å². The lowest BCUT2D eigenvalue weighted by molar-refractivity contribution is -0.0178. The van der Waals surface area contributed by atoms with Gasteiger partial charge in [0.25, 0.3) is 0 Å². The maximum Gasteiger partial charge on any atom is 0.407 e. The van der Waals surface area contributed by atoms with Crippen molar-refractivity contribution in [3.8, 4) is 0 Å². The monoisotopic (exact) mass is 244 g/mol. The molecule has 0 aliphatic carbocycles. The van der Waals surface area contributed by atoms with Crippen molar-refractivity contribution in [2.75, 3.05) is 26.7 Å². The van der Waals surface area contributed by atoms with Gasteiger partial charge >= 0.3 is 6.09 Å². The molecule has 1 aliphatic heterocycles. The lowest BCUT2D eigenvalue weighted by atomic mass is 9.92. The number of likely N-dealkylation sites (tertiary alicyclic amines) is 1. The first kappa shape index (κ1) is 14.3. The first-order valence-corrected chi connectivity index (χ1v) is 6.08. The molecule has 2 N–H and O–H groups in total. The number of hydrogen-bond acceptors (Lipinski definition) is 4. The SMILES string of the molecule is CN1CCC(O)(CNC(=O)OC(C)(C)C)CC1. The number of nitrogens with zero attached hydrogens (tertiary/aromatic N) is 1. The van der Waals surface area contributed by atoms with E-state index in [1.54, 1.807) is 0 Å². The van der Waals surface area contributed by atoms with Gasteiger partial charge < -0.3 is 20.1 Å². The van der Waals surface area contributed by atoms with E-state index in [0.717, 1.165) is 13.1 Å². The summed E-state index contributed by atoms with van der Waals surface area (Å²) >= 11 is 0. The van der Waals surface area contributed by atoms with Crippen LogP contribution in [0.4, 0.5) is 4.79 Å². The van der Waals surface area contributed by atoms with E-state index in [2.05, 4.69) is 10.2 Å². The Balaban J connectivity index is 2.32. The lowest BCUT2D eigenvalue weighted by Gasteiger charge is -2.36. The summed E-state index contributed by atoms with van der Waals surface area (Å²) < 4.78 is 5.12. The molecule has 5 nitrogen and oxygen atoms in total. The molecule has 0 radical (unpaired) electrons. The Labute approximate surface area is 103 Å². The van der Waals surface area contributed by atoms with Crippen molar-refractivity contribution in [3.63, 3.8) is 0 Å². The van der Waals surface area contributed by atoms with E-state index < -0.39 is 17.3 Å². The minimum absolute atomic E-state index is 0.260. The second kappa shape index (κ2) is 5.23. The molecule has 1 fully saturated rings. The highest BCUT2D eigenvalue weighted by Crippen LogP contribution is 2.20. The van der Waals surface area contributed by atoms with Crippen molar-refractivity contribution >= 4 is 6.09 Å². The normalized spacial score (nSPS) is 21.0. The average molecular weight is 244 g/mol. The van der Waals surface area contributed by atoms with E-state index in [-0.39, 0.29) is 6.54 Å². The molecule has 0 atom stereocenters. The fourth-order valence-corrected chi connectivity index (χ4v) is 1.76. The molecule has 0 aromatic rings. The Hall–Kier alpha value is -0.810. The van der Waals surface area contributed by atoms with Gasteiger partial charge in [0.2, 0.25) is 0 Å². The Kier molecular flexibility index (Phi) is 4.38. The van der Waals surface area contributed by atoms with Gasteiger partial charge in [-0.1, -0.05) is 0 Å². The third-order valence-electron chi connectivity index (χ3n) is 2.88. The van der Waals surface area contributed by atoms with E-state index in [0.29, 0.717) is 12.8 Å². The van der Waals surface area contributed by atoms with Crippen LogP contribution in [0.25, 0.3) is 0 Å². The first-order chi connectivity index (χ1) is 7.70. The molecule has 0 spiro atoms. The second-order valence-electron chi connectivity index (χ2n) is 5.88. The molecule has 0 unspecified atom stereocenters. The smallest absolute Gasteiger partial charge is 0.407 e. The van der Waals surface area contributed by atoms with Crippen molar-refractivity contribution in [3.05, 3.63) is 0 Å². The number of aliphatic hydroxyl groups is 1. The third kappa shape index (κ3) is 5.37. The number of carbonyl (C=O) groups excluding carboxylic acids is 1. The molecule has 5 heteroatoms. The van der Waals surface area contributed by atoms with Crippen LogP contribution in [0, 0.1) is 0 Å². The van der Waals surface area contributed by atoms with Crippen LogP contribution in [0.5, 0.6) is 0 Å². The fraction of sp³-hybridized carbons (Fsp3) is 0.917. The number of alkyl carbamates (subject to hydrolysis) is 1.